The van der Waals surface area contributed by atoms with Gasteiger partial charge in [0.05, 0.1) is 11.3 Å². The van der Waals surface area contributed by atoms with E-state index in [4.69, 9.17) is 0 Å². The van der Waals surface area contributed by atoms with E-state index in [2.05, 4.69) is 21.0 Å². The molecule has 1 aliphatic heterocycles. The Hall–Kier alpha value is -2.94. The van der Waals surface area contributed by atoms with Crippen LogP contribution in [0.3, 0.4) is 0 Å². The van der Waals surface area contributed by atoms with Crippen molar-refractivity contribution in [3.63, 3.8) is 0 Å². The lowest BCUT2D eigenvalue weighted by Gasteiger charge is -2.18. The Labute approximate surface area is 177 Å². The smallest absolute Gasteiger partial charge is 0.306 e. The molecule has 0 N–H and O–H groups in total. The third-order valence-electron chi connectivity index (χ3n) is 4.91. The van der Waals surface area contributed by atoms with E-state index in [1.165, 1.54) is 27.8 Å². The van der Waals surface area contributed by atoms with Gasteiger partial charge in [-0.2, -0.15) is 18.3 Å². The van der Waals surface area contributed by atoms with Gasteiger partial charge < -0.3 is 4.90 Å². The number of amides is 1. The maximum Gasteiger partial charge on any atom is 0.416 e. The fourth-order valence-corrected chi connectivity index (χ4v) is 3.89. The first-order valence-corrected chi connectivity index (χ1v) is 9.83. The number of hydrogen-bond donors (Lipinski definition) is 0. The molecule has 9 heteroatoms. The number of carbonyl (C=O) groups is 1. The quantitative estimate of drug-likeness (QED) is 0.544. The molecule has 0 spiro atoms. The summed E-state index contributed by atoms with van der Waals surface area (Å²) in [6, 6.07) is 11.3. The summed E-state index contributed by atoms with van der Waals surface area (Å²) in [6.45, 7) is 1.94. The number of nitrogens with zero attached hydrogens (tertiary/aromatic N) is 3. The highest BCUT2D eigenvalue weighted by Gasteiger charge is 2.31. The largest absolute Gasteiger partial charge is 0.416 e. The summed E-state index contributed by atoms with van der Waals surface area (Å²) in [5.74, 6) is -0.582. The minimum absolute atomic E-state index is 0.113. The number of rotatable bonds is 2. The van der Waals surface area contributed by atoms with Crippen LogP contribution in [0, 0.1) is 6.92 Å². The van der Waals surface area contributed by atoms with Crippen molar-refractivity contribution in [1.29, 1.82) is 0 Å². The molecule has 3 aromatic rings. The van der Waals surface area contributed by atoms with Crippen LogP contribution in [-0.4, -0.2) is 22.2 Å². The molecule has 0 fully saturated rings. The van der Waals surface area contributed by atoms with Gasteiger partial charge in [0.25, 0.3) is 5.91 Å². The fourth-order valence-electron chi connectivity index (χ4n) is 3.48. The molecule has 0 saturated heterocycles. The molecule has 0 atom stereocenters. The molecule has 2 aromatic carbocycles. The van der Waals surface area contributed by atoms with Gasteiger partial charge in [-0.25, -0.2) is 4.68 Å². The van der Waals surface area contributed by atoms with Crippen molar-refractivity contribution >= 4 is 27.5 Å². The number of carbonyl (C=O) groups excluding carboxylic acids is 1. The molecule has 1 amide bonds. The lowest BCUT2D eigenvalue weighted by molar-refractivity contribution is -0.137. The Morgan fingerprint density at radius 2 is 1.90 bits per heavy atom. The van der Waals surface area contributed by atoms with Gasteiger partial charge in [0.1, 0.15) is 0 Å². The van der Waals surface area contributed by atoms with Crippen molar-refractivity contribution in [1.82, 2.24) is 9.78 Å². The second-order valence-corrected chi connectivity index (χ2v) is 7.85. The average Bonchev–Trinajstić information content (AvgIpc) is 3.10. The number of hydrogen-bond acceptors (Lipinski definition) is 3. The summed E-state index contributed by atoms with van der Waals surface area (Å²) in [5.41, 5.74) is 0.328. The van der Waals surface area contributed by atoms with Crippen molar-refractivity contribution in [3.8, 4) is 5.69 Å². The zero-order valence-electron chi connectivity index (χ0n) is 15.7. The molecule has 5 nitrogen and oxygen atoms in total. The van der Waals surface area contributed by atoms with E-state index in [0.29, 0.717) is 24.3 Å². The molecule has 0 unspecified atom stereocenters. The minimum Gasteiger partial charge on any atom is -0.306 e. The summed E-state index contributed by atoms with van der Waals surface area (Å²) < 4.78 is 41.3. The zero-order chi connectivity index (χ0) is 21.6. The normalized spacial score (nSPS) is 13.4. The van der Waals surface area contributed by atoms with Crippen molar-refractivity contribution in [3.05, 3.63) is 85.7 Å². The van der Waals surface area contributed by atoms with Crippen LogP contribution >= 0.6 is 15.9 Å². The highest BCUT2D eigenvalue weighted by Crippen LogP contribution is 2.32. The number of fused-ring (bicyclic) bond motifs is 1. The number of aryl methyl sites for hydroxylation is 1. The maximum absolute atomic E-state index is 13.1. The van der Waals surface area contributed by atoms with E-state index in [1.807, 2.05) is 6.07 Å². The van der Waals surface area contributed by atoms with Crippen LogP contribution in [0.1, 0.15) is 27.3 Å². The van der Waals surface area contributed by atoms with Gasteiger partial charge in [0, 0.05) is 28.5 Å². The molecular weight excluding hydrogens is 463 g/mol. The summed E-state index contributed by atoms with van der Waals surface area (Å²) in [7, 11) is 0. The Morgan fingerprint density at radius 1 is 1.13 bits per heavy atom. The predicted molar refractivity (Wildman–Crippen MR) is 109 cm³/mol. The lowest BCUT2D eigenvalue weighted by Crippen LogP contribution is -2.35. The van der Waals surface area contributed by atoms with E-state index < -0.39 is 23.1 Å². The molecule has 4 rings (SSSR count). The van der Waals surface area contributed by atoms with Gasteiger partial charge in [-0.05, 0) is 55.3 Å². The van der Waals surface area contributed by atoms with Crippen molar-refractivity contribution in [2.45, 2.75) is 19.5 Å². The Kier molecular flexibility index (Phi) is 5.01. The van der Waals surface area contributed by atoms with Crippen LogP contribution in [0.15, 0.2) is 57.8 Å². The van der Waals surface area contributed by atoms with Crippen molar-refractivity contribution in [2.24, 2.45) is 0 Å². The highest BCUT2D eigenvalue weighted by molar-refractivity contribution is 9.10. The van der Waals surface area contributed by atoms with Crippen LogP contribution < -0.4 is 10.3 Å². The van der Waals surface area contributed by atoms with Crippen molar-refractivity contribution < 1.29 is 18.0 Å². The van der Waals surface area contributed by atoms with E-state index in [9.17, 15) is 22.8 Å². The maximum atomic E-state index is 13.1. The van der Waals surface area contributed by atoms with Gasteiger partial charge in [-0.1, -0.05) is 22.0 Å². The predicted octanol–water partition coefficient (Wildman–Crippen LogP) is 4.53. The monoisotopic (exact) mass is 477 g/mol. The Bertz CT molecular complexity index is 1220. The molecule has 0 radical (unpaired) electrons. The molecule has 2 heterocycles. The Morgan fingerprint density at radius 3 is 2.63 bits per heavy atom. The van der Waals surface area contributed by atoms with Gasteiger partial charge in [-0.3, -0.25) is 9.59 Å². The van der Waals surface area contributed by atoms with Gasteiger partial charge in [-0.15, -0.1) is 0 Å². The summed E-state index contributed by atoms with van der Waals surface area (Å²) in [4.78, 5) is 27.1. The topological polar surface area (TPSA) is 55.2 Å². The van der Waals surface area contributed by atoms with Crippen LogP contribution in [-0.2, 0) is 12.6 Å². The molecule has 0 saturated carbocycles. The van der Waals surface area contributed by atoms with Crippen LogP contribution in [0.5, 0.6) is 0 Å². The average molecular weight is 478 g/mol. The molecule has 1 aromatic heterocycles. The van der Waals surface area contributed by atoms with Gasteiger partial charge in [0.2, 0.25) is 5.43 Å². The van der Waals surface area contributed by atoms with Crippen LogP contribution in [0.2, 0.25) is 0 Å². The molecule has 1 aliphatic rings. The van der Waals surface area contributed by atoms with Gasteiger partial charge in [0.15, 0.2) is 5.69 Å². The number of alkyl halides is 3. The van der Waals surface area contributed by atoms with E-state index >= 15 is 0 Å². The SMILES string of the molecule is Cc1cc(=O)c(C(=O)N2CCc3cc(Br)ccc32)nn1-c1cccc(C(F)(F)F)c1. The third kappa shape index (κ3) is 3.65. The molecular formula is C21H15BrF3N3O2. The summed E-state index contributed by atoms with van der Waals surface area (Å²) >= 11 is 3.39. The zero-order valence-corrected chi connectivity index (χ0v) is 17.3. The van der Waals surface area contributed by atoms with E-state index in [1.54, 1.807) is 19.1 Å². The number of aromatic nitrogens is 2. The molecule has 0 bridgehead atoms. The second-order valence-electron chi connectivity index (χ2n) is 6.94. The van der Waals surface area contributed by atoms with Crippen LogP contribution in [0.4, 0.5) is 18.9 Å². The number of benzene rings is 2. The standard InChI is InChI=1S/C21H15BrF3N3O2/c1-12-9-18(29)19(20(30)27-8-7-13-10-15(22)5-6-17(13)27)26-28(12)16-4-2-3-14(11-16)21(23,24)25/h2-6,9-11H,7-8H2,1H3. The third-order valence-corrected chi connectivity index (χ3v) is 5.40. The number of halogens is 4. The molecule has 154 valence electrons. The summed E-state index contributed by atoms with van der Waals surface area (Å²) in [5, 5.41) is 4.14. The molecule has 0 aliphatic carbocycles. The highest BCUT2D eigenvalue weighted by atomic mass is 79.9. The molecule has 30 heavy (non-hydrogen) atoms. The summed E-state index contributed by atoms with van der Waals surface area (Å²) in [6.07, 6.45) is -3.89. The van der Waals surface area contributed by atoms with E-state index in [-0.39, 0.29) is 11.4 Å². The first kappa shape index (κ1) is 20.3. The second kappa shape index (κ2) is 7.39. The minimum atomic E-state index is -4.52. The first-order chi connectivity index (χ1) is 14.1. The fraction of sp³-hybridized carbons (Fsp3) is 0.190. The van der Waals surface area contributed by atoms with Crippen LogP contribution in [0.25, 0.3) is 5.69 Å². The van der Waals surface area contributed by atoms with Gasteiger partial charge >= 0.3 is 6.18 Å². The Balaban J connectivity index is 1.77. The number of anilines is 1. The first-order valence-electron chi connectivity index (χ1n) is 9.04. The van der Waals surface area contributed by atoms with Crippen molar-refractivity contribution in [2.75, 3.05) is 11.4 Å². The van der Waals surface area contributed by atoms with E-state index in [0.717, 1.165) is 22.2 Å². The lowest BCUT2D eigenvalue weighted by atomic mass is 10.2.